The van der Waals surface area contributed by atoms with E-state index in [-0.39, 0.29) is 0 Å². The van der Waals surface area contributed by atoms with E-state index in [0.717, 1.165) is 6.92 Å². The zero-order valence-corrected chi connectivity index (χ0v) is 9.13. The van der Waals surface area contributed by atoms with E-state index in [1.165, 1.54) is 11.1 Å². The summed E-state index contributed by atoms with van der Waals surface area (Å²) in [6.07, 6.45) is 0.604. The summed E-state index contributed by atoms with van der Waals surface area (Å²) in [6, 6.07) is 8.15. The maximum Gasteiger partial charge on any atom is 0.263 e. The van der Waals surface area contributed by atoms with Gasteiger partial charge in [0, 0.05) is 13.5 Å². The van der Waals surface area contributed by atoms with Crippen molar-refractivity contribution < 1.29 is 8.78 Å². The third kappa shape index (κ3) is 6.80. The van der Waals surface area contributed by atoms with Crippen LogP contribution >= 0.6 is 0 Å². The first-order valence-electron chi connectivity index (χ1n) is 4.66. The number of allylic oxidation sites excluding steroid dienone is 1. The quantitative estimate of drug-likeness (QED) is 0.749. The lowest BCUT2D eigenvalue weighted by molar-refractivity contribution is 0.0779. The van der Waals surface area contributed by atoms with Gasteiger partial charge in [-0.1, -0.05) is 30.8 Å². The molecule has 0 spiro atoms. The van der Waals surface area contributed by atoms with Crippen LogP contribution in [-0.2, 0) is 6.54 Å². The summed E-state index contributed by atoms with van der Waals surface area (Å²) in [5.74, 6) is -2.69. The van der Waals surface area contributed by atoms with Crippen molar-refractivity contribution in [1.29, 1.82) is 0 Å². The molecular weight excluding hydrogens is 196 g/mol. The van der Waals surface area contributed by atoms with Crippen molar-refractivity contribution in [3.63, 3.8) is 0 Å². The van der Waals surface area contributed by atoms with Crippen molar-refractivity contribution in [3.05, 3.63) is 48.0 Å². The molecule has 0 aliphatic heterocycles. The number of hydrogen-bond donors (Lipinski definition) is 1. The van der Waals surface area contributed by atoms with Crippen LogP contribution in [0, 0.1) is 6.92 Å². The van der Waals surface area contributed by atoms with Crippen LogP contribution in [0.5, 0.6) is 0 Å². The smallest absolute Gasteiger partial charge is 0.263 e. The Kier molecular flexibility index (Phi) is 5.79. The fraction of sp³-hybridized carbons (Fsp3) is 0.333. The highest BCUT2D eigenvalue weighted by Crippen LogP contribution is 2.10. The molecule has 15 heavy (non-hydrogen) atoms. The molecule has 1 aromatic rings. The molecule has 3 heteroatoms. The van der Waals surface area contributed by atoms with E-state index in [1.54, 1.807) is 0 Å². The first kappa shape index (κ1) is 13.8. The maximum absolute atomic E-state index is 11.3. The molecule has 0 atom stereocenters. The molecule has 0 aliphatic rings. The molecule has 1 rings (SSSR count). The number of hydrogen-bond acceptors (Lipinski definition) is 1. The van der Waals surface area contributed by atoms with E-state index in [1.807, 2.05) is 12.1 Å². The van der Waals surface area contributed by atoms with Gasteiger partial charge in [0.05, 0.1) is 0 Å². The Morgan fingerprint density at radius 1 is 1.40 bits per heavy atom. The second-order valence-electron chi connectivity index (χ2n) is 3.29. The summed E-state index contributed by atoms with van der Waals surface area (Å²) in [7, 11) is 0. The molecule has 0 aliphatic carbocycles. The van der Waals surface area contributed by atoms with Crippen LogP contribution in [0.15, 0.2) is 36.9 Å². The highest BCUT2D eigenvalue weighted by Gasteiger charge is 2.12. The van der Waals surface area contributed by atoms with E-state index in [4.69, 9.17) is 5.73 Å². The summed E-state index contributed by atoms with van der Waals surface area (Å²) in [6.45, 7) is 6.39. The van der Waals surface area contributed by atoms with Crippen LogP contribution in [-0.4, -0.2) is 5.92 Å². The van der Waals surface area contributed by atoms with Gasteiger partial charge in [-0.3, -0.25) is 0 Å². The molecule has 0 fully saturated rings. The zero-order valence-electron chi connectivity index (χ0n) is 9.13. The number of aryl methyl sites for hydroxylation is 1. The van der Waals surface area contributed by atoms with Gasteiger partial charge >= 0.3 is 0 Å². The molecule has 1 nitrogen and oxygen atoms in total. The lowest BCUT2D eigenvalue weighted by Gasteiger charge is -1.98. The van der Waals surface area contributed by atoms with Crippen molar-refractivity contribution in [2.45, 2.75) is 26.3 Å². The molecular formula is C12H17F2N. The van der Waals surface area contributed by atoms with Crippen LogP contribution in [0.25, 0.3) is 0 Å². The second kappa shape index (κ2) is 6.30. The Balaban J connectivity index is 0.000000288. The van der Waals surface area contributed by atoms with Gasteiger partial charge in [0.2, 0.25) is 0 Å². The summed E-state index contributed by atoms with van der Waals surface area (Å²) < 4.78 is 22.7. The Hall–Kier alpha value is -1.22. The maximum atomic E-state index is 11.3. The topological polar surface area (TPSA) is 26.0 Å². The number of benzene rings is 1. The third-order valence-corrected chi connectivity index (χ3v) is 1.84. The normalized spacial score (nSPS) is 10.2. The second-order valence-corrected chi connectivity index (χ2v) is 3.29. The van der Waals surface area contributed by atoms with E-state index >= 15 is 0 Å². The van der Waals surface area contributed by atoms with E-state index in [0.29, 0.717) is 12.6 Å². The molecule has 0 radical (unpaired) electrons. The third-order valence-electron chi connectivity index (χ3n) is 1.84. The van der Waals surface area contributed by atoms with E-state index in [2.05, 4.69) is 25.6 Å². The first-order valence-corrected chi connectivity index (χ1v) is 4.66. The monoisotopic (exact) mass is 213 g/mol. The van der Waals surface area contributed by atoms with Gasteiger partial charge in [-0.05, 0) is 24.1 Å². The van der Waals surface area contributed by atoms with Gasteiger partial charge in [0.15, 0.2) is 0 Å². The molecule has 1 aromatic carbocycles. The highest BCUT2D eigenvalue weighted by molar-refractivity contribution is 5.24. The lowest BCUT2D eigenvalue weighted by Crippen LogP contribution is -2.01. The minimum atomic E-state index is -2.69. The molecule has 0 amide bonds. The van der Waals surface area contributed by atoms with Gasteiger partial charge in [-0.15, -0.1) is 0 Å². The van der Waals surface area contributed by atoms with Crippen molar-refractivity contribution >= 4 is 0 Å². The number of alkyl halides is 2. The molecule has 0 saturated heterocycles. The Labute approximate surface area is 89.6 Å². The van der Waals surface area contributed by atoms with Gasteiger partial charge in [0.25, 0.3) is 5.92 Å². The molecule has 0 saturated carbocycles. The minimum absolute atomic E-state index is 0.604. The van der Waals surface area contributed by atoms with Crippen LogP contribution < -0.4 is 5.73 Å². The molecule has 84 valence electrons. The van der Waals surface area contributed by atoms with Crippen molar-refractivity contribution in [1.82, 2.24) is 0 Å². The average molecular weight is 213 g/mol. The molecule has 2 N–H and O–H groups in total. The van der Waals surface area contributed by atoms with Crippen molar-refractivity contribution in [3.8, 4) is 0 Å². The van der Waals surface area contributed by atoms with Gasteiger partial charge in [-0.2, -0.15) is 0 Å². The lowest BCUT2D eigenvalue weighted by atomic mass is 10.1. The Morgan fingerprint density at radius 3 is 2.13 bits per heavy atom. The van der Waals surface area contributed by atoms with Gasteiger partial charge < -0.3 is 5.73 Å². The Bertz CT molecular complexity index is 303. The highest BCUT2D eigenvalue weighted by atomic mass is 19.3. The average Bonchev–Trinajstić information content (AvgIpc) is 2.18. The predicted octanol–water partition coefficient (Wildman–Crippen LogP) is 3.28. The summed E-state index contributed by atoms with van der Waals surface area (Å²) in [4.78, 5) is 0. The molecule has 0 bridgehead atoms. The van der Waals surface area contributed by atoms with E-state index < -0.39 is 5.92 Å². The van der Waals surface area contributed by atoms with E-state index in [9.17, 15) is 8.78 Å². The van der Waals surface area contributed by atoms with Crippen molar-refractivity contribution in [2.24, 2.45) is 5.73 Å². The molecule has 0 heterocycles. The fourth-order valence-corrected chi connectivity index (χ4v) is 0.839. The largest absolute Gasteiger partial charge is 0.326 e. The first-order chi connectivity index (χ1) is 6.90. The molecule has 0 unspecified atom stereocenters. The van der Waals surface area contributed by atoms with Crippen LogP contribution in [0.2, 0.25) is 0 Å². The molecule has 0 aromatic heterocycles. The Morgan fingerprint density at radius 2 is 1.87 bits per heavy atom. The van der Waals surface area contributed by atoms with Crippen LogP contribution in [0.4, 0.5) is 8.78 Å². The van der Waals surface area contributed by atoms with Crippen molar-refractivity contribution in [2.75, 3.05) is 0 Å². The van der Waals surface area contributed by atoms with Gasteiger partial charge in [-0.25, -0.2) is 8.78 Å². The zero-order chi connectivity index (χ0) is 11.9. The summed E-state index contributed by atoms with van der Waals surface area (Å²) in [5.41, 5.74) is 7.96. The van der Waals surface area contributed by atoms with Crippen LogP contribution in [0.1, 0.15) is 18.1 Å². The summed E-state index contributed by atoms with van der Waals surface area (Å²) in [5, 5.41) is 0. The standard InChI is InChI=1S/C8H11N.C4H6F2/c1-7-4-2-3-5-8(7)6-9;1-3-4(2,5)6/h2-5H,6,9H2,1H3;3H,1H2,2H3. The van der Waals surface area contributed by atoms with Gasteiger partial charge in [0.1, 0.15) is 0 Å². The number of rotatable bonds is 2. The number of halogens is 2. The number of nitrogens with two attached hydrogens (primary N) is 1. The van der Waals surface area contributed by atoms with Crippen LogP contribution in [0.3, 0.4) is 0 Å². The summed E-state index contributed by atoms with van der Waals surface area (Å²) >= 11 is 0. The fourth-order valence-electron chi connectivity index (χ4n) is 0.839. The predicted molar refractivity (Wildman–Crippen MR) is 59.9 cm³/mol. The minimum Gasteiger partial charge on any atom is -0.326 e. The SMILES string of the molecule is C=CC(C)(F)F.Cc1ccccc1CN.